The standard InChI is InChI=1S/C28H28F3N5O/c29-28(30,31)24-17-21(20-32)18-25(19-24)36-15-13-35(14-16-36)12-4-3-11-34-27(37)23-8-6-22(7-9-23)26-5-1-2-10-33-26/h1-2,5-10,17-19H,3-4,11-16H2,(H,34,37). The third kappa shape index (κ3) is 7.08. The number of nitrogens with one attached hydrogen (secondary N) is 1. The van der Waals surface area contributed by atoms with Crippen LogP contribution >= 0.6 is 0 Å². The van der Waals surface area contributed by atoms with E-state index < -0.39 is 11.7 Å². The third-order valence-corrected chi connectivity index (χ3v) is 6.41. The minimum Gasteiger partial charge on any atom is -0.369 e. The lowest BCUT2D eigenvalue weighted by Crippen LogP contribution is -2.46. The van der Waals surface area contributed by atoms with E-state index in [0.29, 0.717) is 30.9 Å². The Balaban J connectivity index is 1.17. The average molecular weight is 508 g/mol. The quantitative estimate of drug-likeness (QED) is 0.436. The average Bonchev–Trinajstić information content (AvgIpc) is 2.93. The monoisotopic (exact) mass is 507 g/mol. The number of hydrogen-bond acceptors (Lipinski definition) is 5. The molecule has 0 atom stereocenters. The Labute approximate surface area is 214 Å². The zero-order valence-electron chi connectivity index (χ0n) is 20.3. The van der Waals surface area contributed by atoms with Gasteiger partial charge in [-0.3, -0.25) is 14.7 Å². The van der Waals surface area contributed by atoms with Crippen molar-refractivity contribution in [2.45, 2.75) is 19.0 Å². The van der Waals surface area contributed by atoms with E-state index in [1.54, 1.807) is 18.3 Å². The van der Waals surface area contributed by atoms with Gasteiger partial charge in [0.2, 0.25) is 0 Å². The maximum Gasteiger partial charge on any atom is 0.416 e. The number of alkyl halides is 3. The van der Waals surface area contributed by atoms with Crippen molar-refractivity contribution in [2.75, 3.05) is 44.2 Å². The van der Waals surface area contributed by atoms with Crippen molar-refractivity contribution in [2.24, 2.45) is 0 Å². The molecule has 192 valence electrons. The zero-order chi connectivity index (χ0) is 26.3. The molecule has 1 aliphatic heterocycles. The number of halogens is 3. The Morgan fingerprint density at radius 1 is 1.00 bits per heavy atom. The van der Waals surface area contributed by atoms with Crippen LogP contribution < -0.4 is 10.2 Å². The summed E-state index contributed by atoms with van der Waals surface area (Å²) in [6.07, 6.45) is -1.02. The first-order valence-electron chi connectivity index (χ1n) is 12.2. The summed E-state index contributed by atoms with van der Waals surface area (Å²) in [5, 5.41) is 12.1. The van der Waals surface area contributed by atoms with Crippen LogP contribution in [-0.2, 0) is 6.18 Å². The predicted molar refractivity (Wildman–Crippen MR) is 136 cm³/mol. The molecule has 1 aromatic heterocycles. The van der Waals surface area contributed by atoms with Crippen molar-refractivity contribution < 1.29 is 18.0 Å². The summed E-state index contributed by atoms with van der Waals surface area (Å²) in [4.78, 5) is 20.9. The van der Waals surface area contributed by atoms with E-state index in [0.717, 1.165) is 55.9 Å². The van der Waals surface area contributed by atoms with E-state index >= 15 is 0 Å². The molecule has 1 fully saturated rings. The van der Waals surface area contributed by atoms with Gasteiger partial charge in [0.1, 0.15) is 0 Å². The lowest BCUT2D eigenvalue weighted by Gasteiger charge is -2.36. The summed E-state index contributed by atoms with van der Waals surface area (Å²) in [7, 11) is 0. The highest BCUT2D eigenvalue weighted by Crippen LogP contribution is 2.33. The Bertz CT molecular complexity index is 1230. The fourth-order valence-electron chi connectivity index (χ4n) is 4.34. The molecule has 1 saturated heterocycles. The molecule has 0 unspecified atom stereocenters. The number of carbonyl (C=O) groups is 1. The summed E-state index contributed by atoms with van der Waals surface area (Å²) in [5.41, 5.74) is 2.06. The largest absolute Gasteiger partial charge is 0.416 e. The molecule has 1 amide bonds. The van der Waals surface area contributed by atoms with Gasteiger partial charge in [-0.15, -0.1) is 0 Å². The van der Waals surface area contributed by atoms with Gasteiger partial charge in [0.05, 0.1) is 22.9 Å². The van der Waals surface area contributed by atoms with Gasteiger partial charge in [0, 0.05) is 55.7 Å². The number of nitriles is 1. The van der Waals surface area contributed by atoms with Crippen LogP contribution in [-0.4, -0.2) is 55.1 Å². The molecule has 0 radical (unpaired) electrons. The fourth-order valence-corrected chi connectivity index (χ4v) is 4.34. The van der Waals surface area contributed by atoms with Crippen LogP contribution in [0.15, 0.2) is 66.9 Å². The summed E-state index contributed by atoms with van der Waals surface area (Å²) in [5.74, 6) is -0.112. The lowest BCUT2D eigenvalue weighted by molar-refractivity contribution is -0.137. The van der Waals surface area contributed by atoms with Crippen LogP contribution in [0.4, 0.5) is 18.9 Å². The number of amides is 1. The van der Waals surface area contributed by atoms with E-state index in [9.17, 15) is 18.0 Å². The zero-order valence-corrected chi connectivity index (χ0v) is 20.3. The van der Waals surface area contributed by atoms with Gasteiger partial charge < -0.3 is 10.2 Å². The minimum absolute atomic E-state index is 0.0125. The first-order chi connectivity index (χ1) is 17.8. The SMILES string of the molecule is N#Cc1cc(N2CCN(CCCCNC(=O)c3ccc(-c4ccccn4)cc3)CC2)cc(C(F)(F)F)c1. The number of piperazine rings is 1. The summed E-state index contributed by atoms with van der Waals surface area (Å²) in [6.45, 7) is 4.07. The molecule has 37 heavy (non-hydrogen) atoms. The molecule has 0 bridgehead atoms. The normalized spacial score (nSPS) is 14.3. The van der Waals surface area contributed by atoms with Gasteiger partial charge in [-0.05, 0) is 61.9 Å². The molecule has 0 aliphatic carbocycles. The Kier molecular flexibility index (Phi) is 8.41. The van der Waals surface area contributed by atoms with Gasteiger partial charge in [0.15, 0.2) is 0 Å². The molecule has 9 heteroatoms. The van der Waals surface area contributed by atoms with Crippen LogP contribution in [0.1, 0.15) is 34.3 Å². The summed E-state index contributed by atoms with van der Waals surface area (Å²) in [6, 6.07) is 18.4. The van der Waals surface area contributed by atoms with Crippen molar-refractivity contribution in [3.8, 4) is 17.3 Å². The number of unbranched alkanes of at least 4 members (excludes halogenated alkanes) is 1. The maximum atomic E-state index is 13.2. The van der Waals surface area contributed by atoms with Gasteiger partial charge in [-0.1, -0.05) is 18.2 Å². The minimum atomic E-state index is -4.48. The molecule has 2 heterocycles. The molecular formula is C28H28F3N5O. The Morgan fingerprint density at radius 3 is 2.41 bits per heavy atom. The number of carbonyl (C=O) groups excluding carboxylic acids is 1. The highest BCUT2D eigenvalue weighted by atomic mass is 19.4. The van der Waals surface area contributed by atoms with Gasteiger partial charge in [-0.2, -0.15) is 18.4 Å². The van der Waals surface area contributed by atoms with Crippen LogP contribution in [0.2, 0.25) is 0 Å². The molecule has 1 N–H and O–H groups in total. The Hall–Kier alpha value is -3.90. The second-order valence-electron chi connectivity index (χ2n) is 8.96. The smallest absolute Gasteiger partial charge is 0.369 e. The van der Waals surface area contributed by atoms with E-state index in [1.807, 2.05) is 41.3 Å². The molecular weight excluding hydrogens is 479 g/mol. The molecule has 3 aromatic rings. The first kappa shape index (κ1) is 26.2. The molecule has 0 saturated carbocycles. The van der Waals surface area contributed by atoms with Gasteiger partial charge >= 0.3 is 6.18 Å². The van der Waals surface area contributed by atoms with E-state index in [4.69, 9.17) is 5.26 Å². The number of rotatable bonds is 8. The van der Waals surface area contributed by atoms with Crippen LogP contribution in [0.3, 0.4) is 0 Å². The number of benzene rings is 2. The van der Waals surface area contributed by atoms with Crippen molar-refractivity contribution >= 4 is 11.6 Å². The van der Waals surface area contributed by atoms with Crippen molar-refractivity contribution in [3.05, 3.63) is 83.6 Å². The fraction of sp³-hybridized carbons (Fsp3) is 0.321. The number of nitrogens with zero attached hydrogens (tertiary/aromatic N) is 4. The second-order valence-corrected chi connectivity index (χ2v) is 8.96. The topological polar surface area (TPSA) is 72.3 Å². The number of pyridine rings is 1. The van der Waals surface area contributed by atoms with Gasteiger partial charge in [-0.25, -0.2) is 0 Å². The molecule has 6 nitrogen and oxygen atoms in total. The molecule has 0 spiro atoms. The predicted octanol–water partition coefficient (Wildman–Crippen LogP) is 4.97. The number of aromatic nitrogens is 1. The third-order valence-electron chi connectivity index (χ3n) is 6.41. The maximum absolute atomic E-state index is 13.2. The number of anilines is 1. The highest BCUT2D eigenvalue weighted by molar-refractivity contribution is 5.94. The van der Waals surface area contributed by atoms with E-state index in [-0.39, 0.29) is 11.5 Å². The van der Waals surface area contributed by atoms with Crippen molar-refractivity contribution in [3.63, 3.8) is 0 Å². The number of hydrogen-bond donors (Lipinski definition) is 1. The van der Waals surface area contributed by atoms with Crippen molar-refractivity contribution in [1.29, 1.82) is 5.26 Å². The van der Waals surface area contributed by atoms with Crippen LogP contribution in [0, 0.1) is 11.3 Å². The molecule has 2 aromatic carbocycles. The van der Waals surface area contributed by atoms with Crippen LogP contribution in [0.5, 0.6) is 0 Å². The first-order valence-corrected chi connectivity index (χ1v) is 12.2. The van der Waals surface area contributed by atoms with Crippen molar-refractivity contribution in [1.82, 2.24) is 15.2 Å². The van der Waals surface area contributed by atoms with E-state index in [1.165, 1.54) is 6.07 Å². The highest BCUT2D eigenvalue weighted by Gasteiger charge is 2.32. The molecule has 4 rings (SSSR count). The molecule has 1 aliphatic rings. The second kappa shape index (κ2) is 11.9. The van der Waals surface area contributed by atoms with Crippen LogP contribution in [0.25, 0.3) is 11.3 Å². The van der Waals surface area contributed by atoms with E-state index in [2.05, 4.69) is 15.2 Å². The van der Waals surface area contributed by atoms with Gasteiger partial charge in [0.25, 0.3) is 5.91 Å². The lowest BCUT2D eigenvalue weighted by atomic mass is 10.1. The Morgan fingerprint density at radius 2 is 1.76 bits per heavy atom. The summed E-state index contributed by atoms with van der Waals surface area (Å²) >= 11 is 0. The summed E-state index contributed by atoms with van der Waals surface area (Å²) < 4.78 is 39.5.